The largest absolute Gasteiger partial charge is 0.392 e. The van der Waals surface area contributed by atoms with Crippen molar-refractivity contribution in [1.82, 2.24) is 5.32 Å². The lowest BCUT2D eigenvalue weighted by molar-refractivity contribution is -0.407. The second-order valence-corrected chi connectivity index (χ2v) is 6.02. The molecular weight excluding hydrogens is 434 g/mol. The van der Waals surface area contributed by atoms with E-state index in [0.717, 1.165) is 16.7 Å². The van der Waals surface area contributed by atoms with Crippen LogP contribution in [-0.4, -0.2) is 41.9 Å². The average molecular weight is 441 g/mol. The first-order valence-electron chi connectivity index (χ1n) is 6.42. The van der Waals surface area contributed by atoms with Gasteiger partial charge in [-0.05, 0) is 11.4 Å². The smallest absolute Gasteiger partial charge is 0.346 e. The third kappa shape index (κ3) is 3.57. The molecule has 0 radical (unpaired) electrons. The summed E-state index contributed by atoms with van der Waals surface area (Å²) in [6, 6.07) is 2.51. The maximum Gasteiger partial charge on any atom is 0.392 e. The van der Waals surface area contributed by atoms with Crippen LogP contribution in [-0.2, 0) is 11.3 Å². The average Bonchev–Trinajstić information content (AvgIpc) is 3.04. The Morgan fingerprint density at radius 2 is 1.44 bits per heavy atom. The summed E-state index contributed by atoms with van der Waals surface area (Å²) >= 11 is 0.802. The molecule has 0 spiro atoms. The molecule has 1 N–H and O–H groups in total. The summed E-state index contributed by atoms with van der Waals surface area (Å²) in [6.45, 7) is -0.905. The number of carbonyl (C=O) groups excluding carboxylic acids is 1. The van der Waals surface area contributed by atoms with E-state index in [1.54, 1.807) is 0 Å². The van der Waals surface area contributed by atoms with Crippen molar-refractivity contribution >= 4 is 17.2 Å². The van der Waals surface area contributed by atoms with Gasteiger partial charge in [-0.1, -0.05) is 6.07 Å². The van der Waals surface area contributed by atoms with Gasteiger partial charge in [0.2, 0.25) is 0 Å². The number of hydrogen-bond donors (Lipinski definition) is 1. The third-order valence-corrected chi connectivity index (χ3v) is 4.04. The highest BCUT2D eigenvalue weighted by atomic mass is 32.1. The zero-order valence-electron chi connectivity index (χ0n) is 12.4. The molecule has 0 unspecified atom stereocenters. The Balaban J connectivity index is 3.21. The highest BCUT2D eigenvalue weighted by molar-refractivity contribution is 7.09. The standard InChI is InChI=1S/C12H7F12NOS/c13-6(14)8(15,16)10(19,20)12(23,24)11(21,22)9(17,18)7(26)25-4-5-2-1-3-27-5/h1-3,6H,4H2,(H,25,26). The fraction of sp³-hybridized carbons (Fsp3) is 0.583. The Kier molecular flexibility index (Phi) is 6.10. The minimum absolute atomic E-state index is 0.0591. The molecule has 0 saturated carbocycles. The van der Waals surface area contributed by atoms with Gasteiger partial charge in [0.1, 0.15) is 0 Å². The van der Waals surface area contributed by atoms with E-state index in [-0.39, 0.29) is 4.88 Å². The topological polar surface area (TPSA) is 29.1 Å². The van der Waals surface area contributed by atoms with Crippen molar-refractivity contribution in [1.29, 1.82) is 0 Å². The zero-order valence-corrected chi connectivity index (χ0v) is 13.2. The Morgan fingerprint density at radius 1 is 0.926 bits per heavy atom. The van der Waals surface area contributed by atoms with Crippen molar-refractivity contribution in [3.63, 3.8) is 0 Å². The van der Waals surface area contributed by atoms with Crippen LogP contribution in [0.15, 0.2) is 17.5 Å². The quantitative estimate of drug-likeness (QED) is 0.577. The van der Waals surface area contributed by atoms with E-state index in [1.807, 2.05) is 0 Å². The Bertz CT molecular complexity index is 657. The fourth-order valence-electron chi connectivity index (χ4n) is 1.57. The molecule has 2 nitrogen and oxygen atoms in total. The van der Waals surface area contributed by atoms with E-state index in [9.17, 15) is 57.5 Å². The summed E-state index contributed by atoms with van der Waals surface area (Å²) in [7, 11) is 0. The van der Waals surface area contributed by atoms with Crippen LogP contribution in [0.4, 0.5) is 52.7 Å². The van der Waals surface area contributed by atoms with E-state index >= 15 is 0 Å². The van der Waals surface area contributed by atoms with Gasteiger partial charge in [0, 0.05) is 4.88 Å². The molecule has 1 aromatic heterocycles. The molecule has 1 rings (SSSR count). The third-order valence-electron chi connectivity index (χ3n) is 3.16. The van der Waals surface area contributed by atoms with Gasteiger partial charge in [-0.15, -0.1) is 11.3 Å². The SMILES string of the molecule is O=C(NCc1cccs1)C(F)(F)C(F)(F)C(F)(F)C(F)(F)C(F)(F)C(F)F. The predicted octanol–water partition coefficient (Wildman–Crippen LogP) is 4.81. The maximum atomic E-state index is 13.4. The van der Waals surface area contributed by atoms with Crippen molar-refractivity contribution in [3.8, 4) is 0 Å². The minimum Gasteiger partial charge on any atom is -0.346 e. The number of alkyl halides is 12. The highest BCUT2D eigenvalue weighted by Crippen LogP contribution is 2.58. The van der Waals surface area contributed by atoms with Crippen LogP contribution >= 0.6 is 11.3 Å². The van der Waals surface area contributed by atoms with Gasteiger partial charge in [0.25, 0.3) is 5.91 Å². The number of amides is 1. The van der Waals surface area contributed by atoms with Crippen molar-refractivity contribution in [2.45, 2.75) is 42.6 Å². The van der Waals surface area contributed by atoms with Crippen LogP contribution in [0.1, 0.15) is 4.88 Å². The van der Waals surface area contributed by atoms with E-state index < -0.39 is 48.5 Å². The Labute approximate surface area is 146 Å². The Morgan fingerprint density at radius 3 is 1.85 bits per heavy atom. The maximum absolute atomic E-state index is 13.4. The van der Waals surface area contributed by atoms with Crippen molar-refractivity contribution in [2.24, 2.45) is 0 Å². The van der Waals surface area contributed by atoms with Gasteiger partial charge < -0.3 is 5.32 Å². The Hall–Kier alpha value is -1.67. The lowest BCUT2D eigenvalue weighted by Gasteiger charge is -2.38. The fourth-order valence-corrected chi connectivity index (χ4v) is 2.22. The number of thiophene rings is 1. The monoisotopic (exact) mass is 441 g/mol. The molecule has 156 valence electrons. The molecule has 15 heteroatoms. The number of nitrogens with one attached hydrogen (secondary N) is 1. The van der Waals surface area contributed by atoms with Gasteiger partial charge in [0.15, 0.2) is 0 Å². The first-order valence-corrected chi connectivity index (χ1v) is 7.30. The molecule has 0 saturated heterocycles. The van der Waals surface area contributed by atoms with Crippen molar-refractivity contribution < 1.29 is 57.5 Å². The van der Waals surface area contributed by atoms with E-state index in [1.165, 1.54) is 17.5 Å². The van der Waals surface area contributed by atoms with Crippen molar-refractivity contribution in [3.05, 3.63) is 22.4 Å². The molecule has 0 aliphatic rings. The van der Waals surface area contributed by atoms with E-state index in [0.29, 0.717) is 0 Å². The van der Waals surface area contributed by atoms with Gasteiger partial charge in [-0.2, -0.15) is 43.9 Å². The van der Waals surface area contributed by atoms with Crippen molar-refractivity contribution in [2.75, 3.05) is 0 Å². The minimum atomic E-state index is -7.72. The molecule has 0 fully saturated rings. The number of rotatable bonds is 8. The van der Waals surface area contributed by atoms with Gasteiger partial charge in [0.05, 0.1) is 6.54 Å². The molecular formula is C12H7F12NOS. The van der Waals surface area contributed by atoms with Crippen LogP contribution in [0, 0.1) is 0 Å². The van der Waals surface area contributed by atoms with E-state index in [4.69, 9.17) is 0 Å². The summed E-state index contributed by atoms with van der Waals surface area (Å²) in [6.07, 6.45) is -5.59. The van der Waals surface area contributed by atoms with Crippen LogP contribution in [0.3, 0.4) is 0 Å². The summed E-state index contributed by atoms with van der Waals surface area (Å²) in [4.78, 5) is 11.2. The van der Waals surface area contributed by atoms with Crippen LogP contribution < -0.4 is 5.32 Å². The lowest BCUT2D eigenvalue weighted by Crippen LogP contribution is -2.70. The molecule has 0 aliphatic heterocycles. The van der Waals surface area contributed by atoms with Crippen LogP contribution in [0.2, 0.25) is 0 Å². The zero-order chi connectivity index (χ0) is 21.5. The summed E-state index contributed by atoms with van der Waals surface area (Å²) < 4.78 is 155. The van der Waals surface area contributed by atoms with Crippen LogP contribution in [0.5, 0.6) is 0 Å². The molecule has 0 aromatic carbocycles. The second-order valence-electron chi connectivity index (χ2n) is 4.98. The lowest BCUT2D eigenvalue weighted by atomic mass is 9.94. The normalized spacial score (nSPS) is 14.6. The number of halogens is 12. The van der Waals surface area contributed by atoms with Gasteiger partial charge in [-0.3, -0.25) is 4.79 Å². The molecule has 0 atom stereocenters. The molecule has 27 heavy (non-hydrogen) atoms. The highest BCUT2D eigenvalue weighted by Gasteiger charge is 2.89. The number of hydrogen-bond acceptors (Lipinski definition) is 2. The molecule has 0 bridgehead atoms. The summed E-state index contributed by atoms with van der Waals surface area (Å²) in [5.74, 6) is -39.7. The molecule has 1 aromatic rings. The van der Waals surface area contributed by atoms with Crippen LogP contribution in [0.25, 0.3) is 0 Å². The first-order chi connectivity index (χ1) is 11.9. The molecule has 1 amide bonds. The summed E-state index contributed by atoms with van der Waals surface area (Å²) in [5.41, 5.74) is 0. The first kappa shape index (κ1) is 23.4. The van der Waals surface area contributed by atoms with E-state index in [2.05, 4.69) is 0 Å². The molecule has 1 heterocycles. The van der Waals surface area contributed by atoms with Gasteiger partial charge >= 0.3 is 36.0 Å². The van der Waals surface area contributed by atoms with Gasteiger partial charge in [-0.25, -0.2) is 8.78 Å². The number of carbonyl (C=O) groups is 1. The molecule has 0 aliphatic carbocycles. The second kappa shape index (κ2) is 7.05. The predicted molar refractivity (Wildman–Crippen MR) is 66.9 cm³/mol. The summed E-state index contributed by atoms with van der Waals surface area (Å²) in [5, 5.41) is 2.39.